The van der Waals surface area contributed by atoms with Gasteiger partial charge >= 0.3 is 5.97 Å². The second kappa shape index (κ2) is 5.32. The summed E-state index contributed by atoms with van der Waals surface area (Å²) in [5.41, 5.74) is 2.79. The van der Waals surface area contributed by atoms with Gasteiger partial charge in [-0.2, -0.15) is 5.48 Å². The summed E-state index contributed by atoms with van der Waals surface area (Å²) >= 11 is 0. The number of hydrogen-bond acceptors (Lipinski definition) is 4. The molecule has 0 aromatic heterocycles. The van der Waals surface area contributed by atoms with Crippen molar-refractivity contribution in [2.24, 2.45) is 11.8 Å². The summed E-state index contributed by atoms with van der Waals surface area (Å²) in [6, 6.07) is -0.279. The number of hydrogen-bond donors (Lipinski definition) is 1. The summed E-state index contributed by atoms with van der Waals surface area (Å²) in [5, 5.41) is 0. The molecular weight excluding hydrogens is 182 g/mol. The van der Waals surface area contributed by atoms with E-state index in [4.69, 9.17) is 4.84 Å². The van der Waals surface area contributed by atoms with E-state index < -0.39 is 0 Å². The lowest BCUT2D eigenvalue weighted by atomic mass is 10.2. The minimum atomic E-state index is -0.279. The monoisotopic (exact) mass is 201 g/mol. The Bertz CT molecular complexity index is 190. The minimum absolute atomic E-state index is 0.226. The largest absolute Gasteiger partial charge is 0.468 e. The zero-order valence-corrected chi connectivity index (χ0v) is 9.08. The number of carbonyl (C=O) groups is 1. The quantitative estimate of drug-likeness (QED) is 0.516. The predicted molar refractivity (Wildman–Crippen MR) is 52.5 cm³/mol. The summed E-state index contributed by atoms with van der Waals surface area (Å²) in [4.78, 5) is 16.5. The molecule has 14 heavy (non-hydrogen) atoms. The molecule has 0 bridgehead atoms. The standard InChI is InChI=1S/C10H19NO3/c1-7(2)6-14-11-9(8-4-5-8)10(12)13-3/h7-9,11H,4-6H2,1-3H3. The van der Waals surface area contributed by atoms with Gasteiger partial charge in [0.2, 0.25) is 0 Å². The van der Waals surface area contributed by atoms with Gasteiger partial charge in [-0.15, -0.1) is 0 Å². The van der Waals surface area contributed by atoms with Crippen molar-refractivity contribution >= 4 is 5.97 Å². The number of hydroxylamine groups is 1. The van der Waals surface area contributed by atoms with Gasteiger partial charge in [-0.25, -0.2) is 0 Å². The van der Waals surface area contributed by atoms with Gasteiger partial charge in [-0.1, -0.05) is 13.8 Å². The SMILES string of the molecule is COC(=O)C(NOCC(C)C)C1CC1. The van der Waals surface area contributed by atoms with Crippen LogP contribution in [-0.2, 0) is 14.4 Å². The molecule has 0 heterocycles. The van der Waals surface area contributed by atoms with E-state index in [0.29, 0.717) is 18.4 Å². The Kier molecular flexibility index (Phi) is 4.35. The van der Waals surface area contributed by atoms with Crippen LogP contribution in [0.3, 0.4) is 0 Å². The zero-order chi connectivity index (χ0) is 10.6. The van der Waals surface area contributed by atoms with Gasteiger partial charge in [-0.3, -0.25) is 4.79 Å². The van der Waals surface area contributed by atoms with Crippen LogP contribution >= 0.6 is 0 Å². The Morgan fingerprint density at radius 1 is 1.50 bits per heavy atom. The fraction of sp³-hybridized carbons (Fsp3) is 0.900. The average Bonchev–Trinajstić information content (AvgIpc) is 2.94. The van der Waals surface area contributed by atoms with Gasteiger partial charge in [-0.05, 0) is 24.7 Å². The molecule has 0 aliphatic heterocycles. The van der Waals surface area contributed by atoms with E-state index >= 15 is 0 Å². The number of nitrogens with one attached hydrogen (secondary N) is 1. The first-order valence-electron chi connectivity index (χ1n) is 5.10. The molecule has 0 aromatic carbocycles. The normalized spacial score (nSPS) is 18.3. The molecule has 0 spiro atoms. The molecule has 1 unspecified atom stereocenters. The van der Waals surface area contributed by atoms with Crippen LogP contribution in [0, 0.1) is 11.8 Å². The zero-order valence-electron chi connectivity index (χ0n) is 9.08. The van der Waals surface area contributed by atoms with Crippen LogP contribution in [0.25, 0.3) is 0 Å². The first-order chi connectivity index (χ1) is 6.65. The molecule has 1 aliphatic carbocycles. The van der Waals surface area contributed by atoms with Crippen molar-refractivity contribution < 1.29 is 14.4 Å². The molecule has 0 radical (unpaired) electrons. The van der Waals surface area contributed by atoms with Crippen LogP contribution < -0.4 is 5.48 Å². The third kappa shape index (κ3) is 3.64. The Morgan fingerprint density at radius 3 is 2.57 bits per heavy atom. The Morgan fingerprint density at radius 2 is 2.14 bits per heavy atom. The van der Waals surface area contributed by atoms with Crippen molar-refractivity contribution in [1.29, 1.82) is 0 Å². The van der Waals surface area contributed by atoms with E-state index in [-0.39, 0.29) is 12.0 Å². The van der Waals surface area contributed by atoms with Crippen molar-refractivity contribution in [3.63, 3.8) is 0 Å². The average molecular weight is 201 g/mol. The van der Waals surface area contributed by atoms with Gasteiger partial charge in [0.1, 0.15) is 6.04 Å². The lowest BCUT2D eigenvalue weighted by Gasteiger charge is -2.16. The second-order valence-electron chi connectivity index (χ2n) is 4.16. The van der Waals surface area contributed by atoms with Crippen LogP contribution in [0.4, 0.5) is 0 Å². The predicted octanol–water partition coefficient (Wildman–Crippen LogP) is 1.12. The van der Waals surface area contributed by atoms with Gasteiger partial charge in [0, 0.05) is 0 Å². The molecule has 1 aliphatic rings. The molecule has 1 rings (SSSR count). The molecule has 1 atom stereocenters. The molecule has 82 valence electrons. The highest BCUT2D eigenvalue weighted by Gasteiger charge is 2.37. The van der Waals surface area contributed by atoms with Crippen LogP contribution in [0.5, 0.6) is 0 Å². The van der Waals surface area contributed by atoms with E-state index in [1.54, 1.807) is 0 Å². The van der Waals surface area contributed by atoms with Crippen LogP contribution in [-0.4, -0.2) is 25.7 Å². The van der Waals surface area contributed by atoms with E-state index in [1.165, 1.54) is 7.11 Å². The van der Waals surface area contributed by atoms with Gasteiger partial charge in [0.05, 0.1) is 13.7 Å². The van der Waals surface area contributed by atoms with Gasteiger partial charge < -0.3 is 9.57 Å². The number of rotatable bonds is 6. The molecule has 0 aromatic rings. The topological polar surface area (TPSA) is 47.6 Å². The summed E-state index contributed by atoms with van der Waals surface area (Å²) in [5.74, 6) is 0.630. The maximum atomic E-state index is 11.3. The van der Waals surface area contributed by atoms with Crippen LogP contribution in [0.2, 0.25) is 0 Å². The van der Waals surface area contributed by atoms with Crippen molar-refractivity contribution in [1.82, 2.24) is 5.48 Å². The highest BCUT2D eigenvalue weighted by atomic mass is 16.6. The summed E-state index contributed by atoms with van der Waals surface area (Å²) < 4.78 is 4.69. The molecule has 0 amide bonds. The lowest BCUT2D eigenvalue weighted by Crippen LogP contribution is -2.40. The summed E-state index contributed by atoms with van der Waals surface area (Å²) in [6.45, 7) is 4.73. The fourth-order valence-electron chi connectivity index (χ4n) is 1.20. The molecular formula is C10H19NO3. The highest BCUT2D eigenvalue weighted by Crippen LogP contribution is 2.33. The smallest absolute Gasteiger partial charge is 0.325 e. The van der Waals surface area contributed by atoms with Crippen molar-refractivity contribution in [3.8, 4) is 0 Å². The number of carbonyl (C=O) groups excluding carboxylic acids is 1. The maximum Gasteiger partial charge on any atom is 0.325 e. The first kappa shape index (κ1) is 11.5. The molecule has 0 saturated heterocycles. The number of ether oxygens (including phenoxy) is 1. The van der Waals surface area contributed by atoms with Crippen molar-refractivity contribution in [2.45, 2.75) is 32.7 Å². The maximum absolute atomic E-state index is 11.3. The molecule has 4 nitrogen and oxygen atoms in total. The second-order valence-corrected chi connectivity index (χ2v) is 4.16. The summed E-state index contributed by atoms with van der Waals surface area (Å²) in [7, 11) is 1.40. The summed E-state index contributed by atoms with van der Waals surface area (Å²) in [6.07, 6.45) is 2.16. The Hall–Kier alpha value is -0.610. The van der Waals surface area contributed by atoms with Gasteiger partial charge in [0.25, 0.3) is 0 Å². The number of esters is 1. The Labute approximate surface area is 84.9 Å². The van der Waals surface area contributed by atoms with Crippen LogP contribution in [0.1, 0.15) is 26.7 Å². The van der Waals surface area contributed by atoms with Crippen LogP contribution in [0.15, 0.2) is 0 Å². The van der Waals surface area contributed by atoms with E-state index in [2.05, 4.69) is 24.1 Å². The van der Waals surface area contributed by atoms with Crippen molar-refractivity contribution in [2.75, 3.05) is 13.7 Å². The van der Waals surface area contributed by atoms with E-state index in [1.807, 2.05) is 0 Å². The fourth-order valence-corrected chi connectivity index (χ4v) is 1.20. The first-order valence-corrected chi connectivity index (χ1v) is 5.10. The molecule has 1 saturated carbocycles. The third-order valence-electron chi connectivity index (χ3n) is 2.18. The number of methoxy groups -OCH3 is 1. The van der Waals surface area contributed by atoms with E-state index in [9.17, 15) is 4.79 Å². The molecule has 1 fully saturated rings. The molecule has 4 heteroatoms. The van der Waals surface area contributed by atoms with E-state index in [0.717, 1.165) is 12.8 Å². The minimum Gasteiger partial charge on any atom is -0.468 e. The third-order valence-corrected chi connectivity index (χ3v) is 2.18. The van der Waals surface area contributed by atoms with Crippen molar-refractivity contribution in [3.05, 3.63) is 0 Å². The lowest BCUT2D eigenvalue weighted by molar-refractivity contribution is -0.149. The molecule has 1 N–H and O–H groups in total. The Balaban J connectivity index is 2.25. The highest BCUT2D eigenvalue weighted by molar-refractivity contribution is 5.76. The van der Waals surface area contributed by atoms with Gasteiger partial charge in [0.15, 0.2) is 0 Å².